The predicted octanol–water partition coefficient (Wildman–Crippen LogP) is 6.67. The normalized spacial score (nSPS) is 19.1. The molecule has 2 aliphatic rings. The quantitative estimate of drug-likeness (QED) is 0.183. The van der Waals surface area contributed by atoms with E-state index >= 15 is 0 Å². The highest BCUT2D eigenvalue weighted by Crippen LogP contribution is 2.40. The molecule has 1 amide bonds. The van der Waals surface area contributed by atoms with Crippen LogP contribution in [0.5, 0.6) is 0 Å². The van der Waals surface area contributed by atoms with Crippen LogP contribution in [0, 0.1) is 12.8 Å². The Labute approximate surface area is 264 Å². The Bertz CT molecular complexity index is 1590. The van der Waals surface area contributed by atoms with Gasteiger partial charge in [-0.05, 0) is 93.5 Å². The van der Waals surface area contributed by atoms with Gasteiger partial charge in [0.05, 0.1) is 5.52 Å². The maximum Gasteiger partial charge on any atom is 0.414 e. The Kier molecular flexibility index (Phi) is 10.7. The molecule has 3 aromatic carbocycles. The van der Waals surface area contributed by atoms with Crippen molar-refractivity contribution in [2.24, 2.45) is 5.92 Å². The van der Waals surface area contributed by atoms with Crippen molar-refractivity contribution in [3.8, 4) is 0 Å². The number of nitrogens with one attached hydrogen (secondary N) is 1. The molecule has 3 N–H and O–H groups in total. The number of aryl methyl sites for hydroxylation is 3. The van der Waals surface area contributed by atoms with Gasteiger partial charge >= 0.3 is 18.0 Å². The Balaban J connectivity index is 0.000000609. The number of rotatable bonds is 9. The number of fused-ring (bicyclic) bond motifs is 3. The molecule has 0 radical (unpaired) electrons. The van der Waals surface area contributed by atoms with Gasteiger partial charge in [0.15, 0.2) is 0 Å². The predicted molar refractivity (Wildman–Crippen MR) is 175 cm³/mol. The Morgan fingerprint density at radius 1 is 0.822 bits per heavy atom. The van der Waals surface area contributed by atoms with E-state index < -0.39 is 11.9 Å². The van der Waals surface area contributed by atoms with Crippen LogP contribution in [0.25, 0.3) is 10.9 Å². The van der Waals surface area contributed by atoms with E-state index in [9.17, 15) is 4.79 Å². The summed E-state index contributed by atoms with van der Waals surface area (Å²) in [5, 5.41) is 19.1. The number of carbonyl (C=O) groups is 3. The van der Waals surface area contributed by atoms with E-state index in [2.05, 4.69) is 90.1 Å². The van der Waals surface area contributed by atoms with E-state index in [0.717, 1.165) is 41.9 Å². The second kappa shape index (κ2) is 15.0. The lowest BCUT2D eigenvalue weighted by Crippen LogP contribution is -2.43. The minimum atomic E-state index is -1.82. The number of aromatic nitrogens is 1. The zero-order valence-electron chi connectivity index (χ0n) is 25.9. The third kappa shape index (κ3) is 8.39. The van der Waals surface area contributed by atoms with Gasteiger partial charge in [-0.2, -0.15) is 0 Å². The van der Waals surface area contributed by atoms with Crippen LogP contribution in [0.4, 0.5) is 4.79 Å². The van der Waals surface area contributed by atoms with E-state index in [0.29, 0.717) is 6.54 Å². The van der Waals surface area contributed by atoms with Gasteiger partial charge in [-0.15, -0.1) is 0 Å². The number of carbonyl (C=O) groups excluding carboxylic acids is 1. The van der Waals surface area contributed by atoms with Gasteiger partial charge in [-0.25, -0.2) is 14.4 Å². The number of benzene rings is 3. The Morgan fingerprint density at radius 2 is 1.49 bits per heavy atom. The number of amides is 1. The number of aliphatic carboxylic acids is 2. The van der Waals surface area contributed by atoms with Crippen LogP contribution in [-0.4, -0.2) is 56.3 Å². The smallest absolute Gasteiger partial charge is 0.414 e. The molecule has 2 fully saturated rings. The molecule has 236 valence electrons. The number of carboxylic acid groups (broad SMARTS) is 2. The van der Waals surface area contributed by atoms with Gasteiger partial charge in [0.1, 0.15) is 0 Å². The van der Waals surface area contributed by atoms with Gasteiger partial charge in [0.2, 0.25) is 0 Å². The van der Waals surface area contributed by atoms with Crippen LogP contribution in [0.1, 0.15) is 60.8 Å². The maximum atomic E-state index is 13.2. The number of para-hydroxylation sites is 1. The molecule has 2 atom stereocenters. The second-order valence-corrected chi connectivity index (χ2v) is 12.4. The average molecular weight is 610 g/mol. The number of nitrogens with zero attached hydrogens (tertiary/aromatic N) is 2. The molecule has 3 heterocycles. The lowest BCUT2D eigenvalue weighted by molar-refractivity contribution is -0.159. The van der Waals surface area contributed by atoms with Gasteiger partial charge in [-0.3, -0.25) is 9.47 Å². The van der Waals surface area contributed by atoms with E-state index in [4.69, 9.17) is 19.8 Å². The van der Waals surface area contributed by atoms with Crippen molar-refractivity contribution >= 4 is 28.9 Å². The van der Waals surface area contributed by atoms with E-state index in [1.807, 2.05) is 16.7 Å². The zero-order valence-corrected chi connectivity index (χ0v) is 25.9. The van der Waals surface area contributed by atoms with Gasteiger partial charge in [0.25, 0.3) is 0 Å². The summed E-state index contributed by atoms with van der Waals surface area (Å²) in [6, 6.07) is 29.1. The van der Waals surface area contributed by atoms with Crippen LogP contribution < -0.4 is 5.32 Å². The van der Waals surface area contributed by atoms with Crippen molar-refractivity contribution in [2.75, 3.05) is 6.54 Å². The van der Waals surface area contributed by atoms with Crippen molar-refractivity contribution in [3.05, 3.63) is 107 Å². The van der Waals surface area contributed by atoms with Crippen LogP contribution in [0.3, 0.4) is 0 Å². The van der Waals surface area contributed by atoms with Crippen LogP contribution in [-0.2, 0) is 29.0 Å². The number of hydrogen-bond acceptors (Lipinski definition) is 4. The van der Waals surface area contributed by atoms with Gasteiger partial charge < -0.3 is 15.5 Å². The highest BCUT2D eigenvalue weighted by Gasteiger charge is 2.39. The molecule has 2 aliphatic heterocycles. The molecule has 0 spiro atoms. The van der Waals surface area contributed by atoms with Crippen LogP contribution in [0.15, 0.2) is 85.1 Å². The first kappa shape index (κ1) is 32.0. The fourth-order valence-corrected chi connectivity index (χ4v) is 7.16. The summed E-state index contributed by atoms with van der Waals surface area (Å²) >= 11 is 0. The summed E-state index contributed by atoms with van der Waals surface area (Å²) in [5.41, 5.74) is 6.09. The first-order chi connectivity index (χ1) is 21.8. The summed E-state index contributed by atoms with van der Waals surface area (Å²) in [6.45, 7) is 3.78. The minimum absolute atomic E-state index is 0.0606. The van der Waals surface area contributed by atoms with E-state index in [1.165, 1.54) is 67.1 Å². The first-order valence-electron chi connectivity index (χ1n) is 16.0. The maximum absolute atomic E-state index is 13.2. The van der Waals surface area contributed by atoms with Crippen molar-refractivity contribution in [3.63, 3.8) is 0 Å². The Morgan fingerprint density at radius 3 is 2.18 bits per heavy atom. The standard InChI is InChI=1S/C35H41N3O.C2H2O4/c1-26-9-7-12-29(21-26)24-36-35(39)38-25-30(33-14-5-6-15-34(33)38)13-8-20-37-31-18-19-32(37)23-28(22-31)17-16-27-10-3-2-4-11-27;3-1(4)2(5)6/h2-7,9-12,14-15,21,25,28,31-32H,8,13,16-20,22-24H2,1H3,(H,36,39);(H,3,4)(H,5,6). The molecule has 2 bridgehead atoms. The molecule has 2 saturated heterocycles. The van der Waals surface area contributed by atoms with E-state index in [-0.39, 0.29) is 6.03 Å². The first-order valence-corrected chi connectivity index (χ1v) is 16.0. The molecule has 4 aromatic rings. The largest absolute Gasteiger partial charge is 0.473 e. The summed E-state index contributed by atoms with van der Waals surface area (Å²) in [4.78, 5) is 34.2. The van der Waals surface area contributed by atoms with Crippen molar-refractivity contribution in [2.45, 2.75) is 76.9 Å². The summed E-state index contributed by atoms with van der Waals surface area (Å²) < 4.78 is 1.81. The third-order valence-electron chi connectivity index (χ3n) is 9.25. The molecule has 45 heavy (non-hydrogen) atoms. The van der Waals surface area contributed by atoms with Crippen LogP contribution in [0.2, 0.25) is 0 Å². The van der Waals surface area contributed by atoms with Gasteiger partial charge in [0, 0.05) is 30.2 Å². The fourth-order valence-electron chi connectivity index (χ4n) is 7.16. The molecule has 0 aliphatic carbocycles. The number of piperidine rings is 1. The monoisotopic (exact) mass is 609 g/mol. The minimum Gasteiger partial charge on any atom is -0.473 e. The number of hydrogen-bond donors (Lipinski definition) is 3. The SMILES string of the molecule is Cc1cccc(CNC(=O)n2cc(CCCN3C4CCC3CC(CCc3ccccc3)C4)c3ccccc32)c1.O=C(O)C(=O)O. The van der Waals surface area contributed by atoms with E-state index in [1.54, 1.807) is 0 Å². The highest BCUT2D eigenvalue weighted by molar-refractivity contribution is 6.27. The molecule has 2 unspecified atom stereocenters. The van der Waals surface area contributed by atoms with Gasteiger partial charge in [-0.1, -0.05) is 78.4 Å². The Hall–Kier alpha value is -4.43. The van der Waals surface area contributed by atoms with Crippen molar-refractivity contribution in [1.29, 1.82) is 0 Å². The second-order valence-electron chi connectivity index (χ2n) is 12.4. The molecular weight excluding hydrogens is 566 g/mol. The van der Waals surface area contributed by atoms with Crippen molar-refractivity contribution < 1.29 is 24.6 Å². The molecule has 6 rings (SSSR count). The fraction of sp³-hybridized carbons (Fsp3) is 0.378. The van der Waals surface area contributed by atoms with Crippen molar-refractivity contribution in [1.82, 2.24) is 14.8 Å². The molecule has 1 aromatic heterocycles. The molecular formula is C37H43N3O5. The molecule has 0 saturated carbocycles. The number of carboxylic acids is 2. The summed E-state index contributed by atoms with van der Waals surface area (Å²) in [6.07, 6.45) is 12.2. The highest BCUT2D eigenvalue weighted by atomic mass is 16.4. The molecule has 8 nitrogen and oxygen atoms in total. The lowest BCUT2D eigenvalue weighted by atomic mass is 9.86. The average Bonchev–Trinajstić information content (AvgIpc) is 3.52. The third-order valence-corrected chi connectivity index (χ3v) is 9.25. The van der Waals surface area contributed by atoms with Crippen LogP contribution >= 0.6 is 0 Å². The molecule has 8 heteroatoms. The zero-order chi connectivity index (χ0) is 31.8. The summed E-state index contributed by atoms with van der Waals surface area (Å²) in [5.74, 6) is -2.78. The lowest BCUT2D eigenvalue weighted by Gasteiger charge is -2.39. The summed E-state index contributed by atoms with van der Waals surface area (Å²) in [7, 11) is 0. The topological polar surface area (TPSA) is 112 Å².